The molecule has 0 bridgehead atoms. The van der Waals surface area contributed by atoms with Gasteiger partial charge in [0, 0.05) is 20.6 Å². The molecule has 0 aliphatic heterocycles. The first-order chi connectivity index (χ1) is 11.0. The molecule has 0 fully saturated rings. The molecule has 3 aromatic rings. The van der Waals surface area contributed by atoms with Crippen LogP contribution >= 0.6 is 0 Å². The van der Waals surface area contributed by atoms with Crippen molar-refractivity contribution in [2.75, 3.05) is 11.9 Å². The van der Waals surface area contributed by atoms with E-state index >= 15 is 0 Å². The fourth-order valence-electron chi connectivity index (χ4n) is 2.41. The Morgan fingerprint density at radius 1 is 1.22 bits per heavy atom. The highest BCUT2D eigenvalue weighted by Crippen LogP contribution is 2.15. The summed E-state index contributed by atoms with van der Waals surface area (Å²) in [6, 6.07) is 9.23. The lowest BCUT2D eigenvalue weighted by Crippen LogP contribution is -2.33. The Balaban J connectivity index is 1.90. The zero-order valence-corrected chi connectivity index (χ0v) is 12.8. The van der Waals surface area contributed by atoms with E-state index < -0.39 is 17.4 Å². The number of benzene rings is 1. The van der Waals surface area contributed by atoms with E-state index in [-0.39, 0.29) is 12.2 Å². The van der Waals surface area contributed by atoms with E-state index in [9.17, 15) is 14.7 Å². The molecular weight excluding hydrogens is 298 g/mol. The quantitative estimate of drug-likeness (QED) is 0.633. The van der Waals surface area contributed by atoms with Crippen LogP contribution in [0.1, 0.15) is 11.7 Å². The Morgan fingerprint density at radius 2 is 1.91 bits per heavy atom. The van der Waals surface area contributed by atoms with Gasteiger partial charge in [-0.05, 0) is 5.56 Å². The van der Waals surface area contributed by atoms with Gasteiger partial charge in [0.2, 0.25) is 5.95 Å². The molecule has 0 saturated carbocycles. The minimum Gasteiger partial charge on any atom is -0.387 e. The second-order valence-corrected chi connectivity index (χ2v) is 5.29. The summed E-state index contributed by atoms with van der Waals surface area (Å²) in [7, 11) is 3.08. The molecule has 8 nitrogen and oxygen atoms in total. The number of aromatic nitrogens is 4. The molecule has 23 heavy (non-hydrogen) atoms. The molecule has 120 valence electrons. The van der Waals surface area contributed by atoms with Crippen molar-refractivity contribution in [1.82, 2.24) is 19.1 Å². The van der Waals surface area contributed by atoms with Crippen molar-refractivity contribution in [3.8, 4) is 0 Å². The fraction of sp³-hybridized carbons (Fsp3) is 0.267. The van der Waals surface area contributed by atoms with Gasteiger partial charge in [0.05, 0.1) is 6.10 Å². The van der Waals surface area contributed by atoms with Crippen molar-refractivity contribution in [3.05, 3.63) is 56.7 Å². The lowest BCUT2D eigenvalue weighted by atomic mass is 10.1. The summed E-state index contributed by atoms with van der Waals surface area (Å²) >= 11 is 0. The van der Waals surface area contributed by atoms with Crippen LogP contribution in [0.4, 0.5) is 5.95 Å². The summed E-state index contributed by atoms with van der Waals surface area (Å²) < 4.78 is 2.55. The second kappa shape index (κ2) is 5.73. The number of aliphatic hydroxyl groups excluding tert-OH is 1. The molecule has 0 amide bonds. The average Bonchev–Trinajstić information content (AvgIpc) is 2.87. The molecule has 2 heterocycles. The van der Waals surface area contributed by atoms with Crippen LogP contribution in [-0.4, -0.2) is 30.8 Å². The molecule has 0 unspecified atom stereocenters. The number of H-pyrrole nitrogens is 1. The first-order valence-corrected chi connectivity index (χ1v) is 7.11. The zero-order valence-electron chi connectivity index (χ0n) is 12.8. The Labute approximate surface area is 131 Å². The monoisotopic (exact) mass is 315 g/mol. The molecule has 1 atom stereocenters. The third kappa shape index (κ3) is 2.64. The number of hydrogen-bond donors (Lipinski definition) is 3. The normalized spacial score (nSPS) is 12.5. The molecule has 0 saturated heterocycles. The number of hydrogen-bond acceptors (Lipinski definition) is 5. The van der Waals surface area contributed by atoms with E-state index in [0.717, 1.165) is 10.1 Å². The predicted molar refractivity (Wildman–Crippen MR) is 86.5 cm³/mol. The van der Waals surface area contributed by atoms with Crippen LogP contribution in [0.15, 0.2) is 39.9 Å². The molecular formula is C15H17N5O3. The number of nitrogens with zero attached hydrogens (tertiary/aromatic N) is 3. The first kappa shape index (κ1) is 15.0. The number of rotatable bonds is 4. The van der Waals surface area contributed by atoms with E-state index in [2.05, 4.69) is 15.3 Å². The maximum atomic E-state index is 12.1. The molecule has 3 rings (SSSR count). The van der Waals surface area contributed by atoms with Gasteiger partial charge in [0.1, 0.15) is 0 Å². The summed E-state index contributed by atoms with van der Waals surface area (Å²) in [4.78, 5) is 30.5. The average molecular weight is 315 g/mol. The smallest absolute Gasteiger partial charge is 0.329 e. The molecule has 0 spiro atoms. The highest BCUT2D eigenvalue weighted by atomic mass is 16.3. The molecule has 0 aliphatic rings. The van der Waals surface area contributed by atoms with Crippen molar-refractivity contribution in [3.63, 3.8) is 0 Å². The van der Waals surface area contributed by atoms with Crippen molar-refractivity contribution in [2.24, 2.45) is 14.1 Å². The summed E-state index contributed by atoms with van der Waals surface area (Å²) in [6.45, 7) is 0.228. The molecule has 3 N–H and O–H groups in total. The molecule has 1 aromatic carbocycles. The number of aliphatic hydroxyl groups is 1. The van der Waals surface area contributed by atoms with Crippen LogP contribution in [0.25, 0.3) is 11.2 Å². The highest BCUT2D eigenvalue weighted by Gasteiger charge is 2.15. The second-order valence-electron chi connectivity index (χ2n) is 5.29. The summed E-state index contributed by atoms with van der Waals surface area (Å²) in [5.74, 6) is 0.397. The largest absolute Gasteiger partial charge is 0.387 e. The van der Waals surface area contributed by atoms with E-state index in [1.165, 1.54) is 7.05 Å². The lowest BCUT2D eigenvalue weighted by molar-refractivity contribution is 0.191. The maximum absolute atomic E-state index is 12.1. The van der Waals surface area contributed by atoms with E-state index in [4.69, 9.17) is 0 Å². The van der Waals surface area contributed by atoms with Gasteiger partial charge >= 0.3 is 5.69 Å². The Morgan fingerprint density at radius 3 is 2.61 bits per heavy atom. The van der Waals surface area contributed by atoms with Crippen molar-refractivity contribution in [2.45, 2.75) is 6.10 Å². The standard InChI is InChI=1S/C15H17N5O3/c1-19-11-12(18-15(23)20(2)13(11)22)17-14(19)16-8-10(21)9-6-4-3-5-7-9/h3-7,10,21H,8H2,1-2H3,(H,16,17)(H,18,23)/t10-/m1/s1. The number of aromatic amines is 1. The summed E-state index contributed by atoms with van der Waals surface area (Å²) in [5.41, 5.74) is 0.357. The minimum atomic E-state index is -0.710. The van der Waals surface area contributed by atoms with Crippen molar-refractivity contribution in [1.29, 1.82) is 0 Å². The number of aryl methyl sites for hydroxylation is 1. The van der Waals surface area contributed by atoms with Gasteiger partial charge < -0.3 is 15.0 Å². The van der Waals surface area contributed by atoms with Gasteiger partial charge in [0.15, 0.2) is 11.2 Å². The highest BCUT2D eigenvalue weighted by molar-refractivity contribution is 5.73. The molecule has 8 heteroatoms. The van der Waals surface area contributed by atoms with Crippen molar-refractivity contribution < 1.29 is 5.11 Å². The Bertz CT molecular complexity index is 955. The van der Waals surface area contributed by atoms with Crippen LogP contribution < -0.4 is 16.6 Å². The van der Waals surface area contributed by atoms with Gasteiger partial charge in [-0.3, -0.25) is 14.3 Å². The number of imidazole rings is 1. The molecule has 2 aromatic heterocycles. The van der Waals surface area contributed by atoms with Gasteiger partial charge in [-0.25, -0.2) is 4.79 Å². The van der Waals surface area contributed by atoms with Gasteiger partial charge in [-0.1, -0.05) is 30.3 Å². The zero-order chi connectivity index (χ0) is 16.6. The Hall–Kier alpha value is -2.87. The van der Waals surface area contributed by atoms with Gasteiger partial charge in [-0.15, -0.1) is 0 Å². The third-order valence-electron chi connectivity index (χ3n) is 3.77. The predicted octanol–water partition coefficient (Wildman–Crippen LogP) is 0.106. The van der Waals surface area contributed by atoms with Crippen LogP contribution in [0, 0.1) is 0 Å². The van der Waals surface area contributed by atoms with Crippen LogP contribution in [-0.2, 0) is 14.1 Å². The number of fused-ring (bicyclic) bond motifs is 1. The van der Waals surface area contributed by atoms with Gasteiger partial charge in [0.25, 0.3) is 5.56 Å². The maximum Gasteiger partial charge on any atom is 0.329 e. The topological polar surface area (TPSA) is 105 Å². The van der Waals surface area contributed by atoms with Crippen LogP contribution in [0.2, 0.25) is 0 Å². The SMILES string of the molecule is Cn1c(=O)[nH]c2nc(NC[C@@H](O)c3ccccc3)n(C)c2c1=O. The first-order valence-electron chi connectivity index (χ1n) is 7.11. The third-order valence-corrected chi connectivity index (χ3v) is 3.77. The minimum absolute atomic E-state index is 0.220. The van der Waals surface area contributed by atoms with E-state index in [0.29, 0.717) is 11.5 Å². The summed E-state index contributed by atoms with van der Waals surface area (Å²) in [6.07, 6.45) is -0.710. The van der Waals surface area contributed by atoms with Crippen LogP contribution in [0.5, 0.6) is 0 Å². The van der Waals surface area contributed by atoms with Crippen molar-refractivity contribution >= 4 is 17.1 Å². The fourth-order valence-corrected chi connectivity index (χ4v) is 2.41. The molecule has 0 aliphatic carbocycles. The summed E-state index contributed by atoms with van der Waals surface area (Å²) in [5, 5.41) is 13.2. The van der Waals surface area contributed by atoms with Gasteiger partial charge in [-0.2, -0.15) is 4.98 Å². The molecule has 0 radical (unpaired) electrons. The Kier molecular flexibility index (Phi) is 3.75. The van der Waals surface area contributed by atoms with Crippen LogP contribution in [0.3, 0.4) is 0 Å². The van der Waals surface area contributed by atoms with E-state index in [1.807, 2.05) is 30.3 Å². The van der Waals surface area contributed by atoms with E-state index in [1.54, 1.807) is 11.6 Å². The number of nitrogens with one attached hydrogen (secondary N) is 2. The number of anilines is 1. The lowest BCUT2D eigenvalue weighted by Gasteiger charge is -2.12.